The molecule has 0 aliphatic heterocycles. The number of aromatic hydroxyl groups is 1. The largest absolute Gasteiger partial charge is 0.508 e. The Kier molecular flexibility index (Phi) is 4.56. The first kappa shape index (κ1) is 14.2. The van der Waals surface area contributed by atoms with E-state index in [4.69, 9.17) is 0 Å². The molecule has 3 rings (SSSR count). The number of hydrogen-bond donors (Lipinski definition) is 2. The van der Waals surface area contributed by atoms with Crippen LogP contribution in [0, 0.1) is 5.92 Å². The Balaban J connectivity index is 1.72. The number of rotatable bonds is 6. The lowest BCUT2D eigenvalue weighted by Crippen LogP contribution is -2.26. The molecular weight excluding hydrogens is 258 g/mol. The minimum absolute atomic E-state index is 0.201. The zero-order chi connectivity index (χ0) is 14.5. The number of phenols is 1. The highest BCUT2D eigenvalue weighted by atomic mass is 16.3. The van der Waals surface area contributed by atoms with Crippen LogP contribution in [0.3, 0.4) is 0 Å². The normalized spacial score (nSPS) is 16.4. The van der Waals surface area contributed by atoms with Gasteiger partial charge in [0.05, 0.1) is 6.04 Å². The SMILES string of the molecule is Oc1ccc(C(NCCC2CCC2)c2ccccc2)cc1. The molecule has 2 heteroatoms. The second-order valence-corrected chi connectivity index (χ2v) is 5.97. The number of hydrogen-bond acceptors (Lipinski definition) is 2. The summed E-state index contributed by atoms with van der Waals surface area (Å²) in [5, 5.41) is 13.2. The van der Waals surface area contributed by atoms with Crippen molar-refractivity contribution in [3.63, 3.8) is 0 Å². The standard InChI is InChI=1S/C19H23NO/c21-18-11-9-17(10-12-18)19(16-7-2-1-3-8-16)20-14-13-15-5-4-6-15/h1-3,7-12,15,19-21H,4-6,13-14H2. The maximum Gasteiger partial charge on any atom is 0.115 e. The van der Waals surface area contributed by atoms with E-state index in [1.54, 1.807) is 12.1 Å². The van der Waals surface area contributed by atoms with Crippen LogP contribution in [-0.2, 0) is 0 Å². The van der Waals surface area contributed by atoms with E-state index in [1.807, 2.05) is 18.2 Å². The zero-order valence-electron chi connectivity index (χ0n) is 12.3. The molecule has 2 nitrogen and oxygen atoms in total. The summed E-state index contributed by atoms with van der Waals surface area (Å²) in [4.78, 5) is 0. The summed E-state index contributed by atoms with van der Waals surface area (Å²) < 4.78 is 0. The third kappa shape index (κ3) is 3.64. The van der Waals surface area contributed by atoms with E-state index in [9.17, 15) is 5.11 Å². The van der Waals surface area contributed by atoms with E-state index in [0.29, 0.717) is 5.75 Å². The van der Waals surface area contributed by atoms with Crippen molar-refractivity contribution in [2.75, 3.05) is 6.54 Å². The molecule has 0 spiro atoms. The summed E-state index contributed by atoms with van der Waals surface area (Å²) in [6.45, 7) is 1.05. The topological polar surface area (TPSA) is 32.3 Å². The number of benzene rings is 2. The van der Waals surface area contributed by atoms with E-state index in [-0.39, 0.29) is 6.04 Å². The lowest BCUT2D eigenvalue weighted by Gasteiger charge is -2.27. The molecule has 2 N–H and O–H groups in total. The molecule has 1 atom stereocenters. The Morgan fingerprint density at radius 1 is 0.952 bits per heavy atom. The van der Waals surface area contributed by atoms with Gasteiger partial charge in [-0.3, -0.25) is 0 Å². The van der Waals surface area contributed by atoms with Crippen molar-refractivity contribution in [1.29, 1.82) is 0 Å². The fourth-order valence-electron chi connectivity index (χ4n) is 2.95. The van der Waals surface area contributed by atoms with Crippen molar-refractivity contribution in [3.8, 4) is 5.75 Å². The van der Waals surface area contributed by atoms with Crippen LogP contribution in [0.25, 0.3) is 0 Å². The maximum absolute atomic E-state index is 9.48. The molecule has 2 aromatic rings. The molecule has 1 aliphatic rings. The lowest BCUT2D eigenvalue weighted by atomic mass is 9.83. The van der Waals surface area contributed by atoms with Gasteiger partial charge in [0.2, 0.25) is 0 Å². The van der Waals surface area contributed by atoms with Crippen LogP contribution in [0.5, 0.6) is 5.75 Å². The van der Waals surface area contributed by atoms with Crippen LogP contribution in [0.1, 0.15) is 42.9 Å². The van der Waals surface area contributed by atoms with Crippen molar-refractivity contribution in [1.82, 2.24) is 5.32 Å². The first-order chi connectivity index (χ1) is 10.3. The molecule has 110 valence electrons. The highest BCUT2D eigenvalue weighted by molar-refractivity contribution is 5.34. The summed E-state index contributed by atoms with van der Waals surface area (Å²) in [5.74, 6) is 1.24. The quantitative estimate of drug-likeness (QED) is 0.829. The summed E-state index contributed by atoms with van der Waals surface area (Å²) in [7, 11) is 0. The average Bonchev–Trinajstić information content (AvgIpc) is 2.48. The predicted octanol–water partition coefficient (Wildman–Crippen LogP) is 4.26. The van der Waals surface area contributed by atoms with Crippen LogP contribution in [0.4, 0.5) is 0 Å². The van der Waals surface area contributed by atoms with Gasteiger partial charge in [0.1, 0.15) is 5.75 Å². The molecule has 0 aromatic heterocycles. The molecule has 0 saturated heterocycles. The second-order valence-electron chi connectivity index (χ2n) is 5.97. The second kappa shape index (κ2) is 6.77. The first-order valence-corrected chi connectivity index (χ1v) is 7.90. The van der Waals surface area contributed by atoms with Gasteiger partial charge in [-0.2, -0.15) is 0 Å². The van der Waals surface area contributed by atoms with E-state index in [2.05, 4.69) is 29.6 Å². The van der Waals surface area contributed by atoms with E-state index < -0.39 is 0 Å². The smallest absolute Gasteiger partial charge is 0.115 e. The van der Waals surface area contributed by atoms with Gasteiger partial charge in [-0.25, -0.2) is 0 Å². The van der Waals surface area contributed by atoms with Gasteiger partial charge >= 0.3 is 0 Å². The lowest BCUT2D eigenvalue weighted by molar-refractivity contribution is 0.289. The Morgan fingerprint density at radius 2 is 1.62 bits per heavy atom. The van der Waals surface area contributed by atoms with Gasteiger partial charge in [0, 0.05) is 0 Å². The molecule has 21 heavy (non-hydrogen) atoms. The highest BCUT2D eigenvalue weighted by Gasteiger charge is 2.18. The molecule has 1 unspecified atom stereocenters. The average molecular weight is 281 g/mol. The van der Waals surface area contributed by atoms with Gasteiger partial charge in [-0.15, -0.1) is 0 Å². The molecule has 2 aromatic carbocycles. The monoisotopic (exact) mass is 281 g/mol. The van der Waals surface area contributed by atoms with Gasteiger partial charge < -0.3 is 10.4 Å². The minimum Gasteiger partial charge on any atom is -0.508 e. The van der Waals surface area contributed by atoms with E-state index in [0.717, 1.165) is 12.5 Å². The Labute approximate surface area is 126 Å². The molecule has 1 saturated carbocycles. The number of phenolic OH excluding ortho intramolecular Hbond substituents is 1. The highest BCUT2D eigenvalue weighted by Crippen LogP contribution is 2.29. The molecular formula is C19H23NO. The first-order valence-electron chi connectivity index (χ1n) is 7.90. The third-order valence-electron chi connectivity index (χ3n) is 4.49. The fraction of sp³-hybridized carbons (Fsp3) is 0.368. The van der Waals surface area contributed by atoms with Crippen molar-refractivity contribution in [2.45, 2.75) is 31.7 Å². The van der Waals surface area contributed by atoms with Crippen LogP contribution >= 0.6 is 0 Å². The minimum atomic E-state index is 0.201. The van der Waals surface area contributed by atoms with Gasteiger partial charge in [-0.05, 0) is 42.1 Å². The summed E-state index contributed by atoms with van der Waals surface area (Å²) in [6, 6.07) is 18.3. The molecule has 1 fully saturated rings. The van der Waals surface area contributed by atoms with Crippen LogP contribution < -0.4 is 5.32 Å². The fourth-order valence-corrected chi connectivity index (χ4v) is 2.95. The van der Waals surface area contributed by atoms with Crippen molar-refractivity contribution in [2.24, 2.45) is 5.92 Å². The van der Waals surface area contributed by atoms with Gasteiger partial charge in [0.15, 0.2) is 0 Å². The summed E-state index contributed by atoms with van der Waals surface area (Å²) in [5.41, 5.74) is 2.48. The van der Waals surface area contributed by atoms with E-state index >= 15 is 0 Å². The molecule has 0 heterocycles. The van der Waals surface area contributed by atoms with Crippen molar-refractivity contribution in [3.05, 3.63) is 65.7 Å². The van der Waals surface area contributed by atoms with Crippen LogP contribution in [0.2, 0.25) is 0 Å². The molecule has 0 amide bonds. The Morgan fingerprint density at radius 3 is 2.24 bits per heavy atom. The maximum atomic E-state index is 9.48. The molecule has 0 radical (unpaired) electrons. The van der Waals surface area contributed by atoms with Crippen LogP contribution in [0.15, 0.2) is 54.6 Å². The number of nitrogens with one attached hydrogen (secondary N) is 1. The predicted molar refractivity (Wildman–Crippen MR) is 86.4 cm³/mol. The van der Waals surface area contributed by atoms with Crippen LogP contribution in [-0.4, -0.2) is 11.7 Å². The summed E-state index contributed by atoms with van der Waals surface area (Å²) in [6.07, 6.45) is 5.47. The molecule has 0 bridgehead atoms. The Bertz CT molecular complexity index is 546. The van der Waals surface area contributed by atoms with E-state index in [1.165, 1.54) is 36.8 Å². The summed E-state index contributed by atoms with van der Waals surface area (Å²) >= 11 is 0. The Hall–Kier alpha value is -1.80. The molecule has 1 aliphatic carbocycles. The third-order valence-corrected chi connectivity index (χ3v) is 4.49. The van der Waals surface area contributed by atoms with Crippen molar-refractivity contribution >= 4 is 0 Å². The van der Waals surface area contributed by atoms with Gasteiger partial charge in [0.25, 0.3) is 0 Å². The van der Waals surface area contributed by atoms with Crippen molar-refractivity contribution < 1.29 is 5.11 Å². The zero-order valence-corrected chi connectivity index (χ0v) is 12.3. The van der Waals surface area contributed by atoms with Gasteiger partial charge in [-0.1, -0.05) is 61.7 Å².